The topological polar surface area (TPSA) is 58.1 Å². The van der Waals surface area contributed by atoms with E-state index in [4.69, 9.17) is 9.47 Å². The van der Waals surface area contributed by atoms with Crippen molar-refractivity contribution in [1.82, 2.24) is 15.5 Å². The van der Waals surface area contributed by atoms with Crippen LogP contribution in [0.1, 0.15) is 25.7 Å². The Morgan fingerprint density at radius 1 is 1.30 bits per heavy atom. The third kappa shape index (κ3) is 8.00. The summed E-state index contributed by atoms with van der Waals surface area (Å²) in [4.78, 5) is 6.60. The molecular formula is C16H33IN4O2. The average Bonchev–Trinajstić information content (AvgIpc) is 3.20. The first kappa shape index (κ1) is 20.9. The van der Waals surface area contributed by atoms with Gasteiger partial charge in [0.2, 0.25) is 0 Å². The number of hydrogen-bond acceptors (Lipinski definition) is 4. The molecule has 0 aromatic rings. The predicted molar refractivity (Wildman–Crippen MR) is 105 cm³/mol. The van der Waals surface area contributed by atoms with E-state index >= 15 is 0 Å². The van der Waals surface area contributed by atoms with Crippen LogP contribution in [0.4, 0.5) is 0 Å². The van der Waals surface area contributed by atoms with Crippen LogP contribution in [0.5, 0.6) is 0 Å². The zero-order valence-electron chi connectivity index (χ0n) is 14.7. The number of hydrogen-bond donors (Lipinski definition) is 2. The normalized spacial score (nSPS) is 22.8. The van der Waals surface area contributed by atoms with Gasteiger partial charge in [0, 0.05) is 39.4 Å². The molecule has 0 aromatic carbocycles. The van der Waals surface area contributed by atoms with Gasteiger partial charge in [-0.1, -0.05) is 0 Å². The van der Waals surface area contributed by atoms with E-state index in [9.17, 15) is 0 Å². The molecule has 2 fully saturated rings. The second kappa shape index (κ2) is 11.4. The number of nitrogens with one attached hydrogen (secondary N) is 2. The highest BCUT2D eigenvalue weighted by molar-refractivity contribution is 14.0. The highest BCUT2D eigenvalue weighted by Crippen LogP contribution is 2.34. The highest BCUT2D eigenvalue weighted by atomic mass is 127. The third-order valence-corrected chi connectivity index (χ3v) is 4.39. The van der Waals surface area contributed by atoms with Gasteiger partial charge < -0.3 is 25.0 Å². The zero-order chi connectivity index (χ0) is 15.8. The molecule has 1 aliphatic heterocycles. The molecule has 0 radical (unpaired) electrons. The van der Waals surface area contributed by atoms with Gasteiger partial charge in [-0.2, -0.15) is 0 Å². The van der Waals surface area contributed by atoms with Crippen molar-refractivity contribution < 1.29 is 9.47 Å². The largest absolute Gasteiger partial charge is 0.379 e. The summed E-state index contributed by atoms with van der Waals surface area (Å²) in [5.74, 6) is 1.74. The molecule has 2 aliphatic rings. The fourth-order valence-electron chi connectivity index (χ4n) is 2.85. The van der Waals surface area contributed by atoms with Crippen LogP contribution in [0.3, 0.4) is 0 Å². The van der Waals surface area contributed by atoms with Crippen LogP contribution < -0.4 is 10.6 Å². The quantitative estimate of drug-likeness (QED) is 0.245. The van der Waals surface area contributed by atoms with Crippen molar-refractivity contribution in [3.63, 3.8) is 0 Å². The van der Waals surface area contributed by atoms with E-state index in [1.165, 1.54) is 12.8 Å². The van der Waals surface area contributed by atoms with Crippen LogP contribution in [-0.4, -0.2) is 77.1 Å². The summed E-state index contributed by atoms with van der Waals surface area (Å²) < 4.78 is 11.0. The first-order chi connectivity index (χ1) is 10.7. The van der Waals surface area contributed by atoms with Crippen molar-refractivity contribution in [2.75, 3.05) is 54.1 Å². The lowest BCUT2D eigenvalue weighted by Gasteiger charge is -2.25. The molecule has 0 aromatic heterocycles. The number of ether oxygens (including phenoxy) is 2. The molecule has 1 saturated carbocycles. The minimum atomic E-state index is 0. The summed E-state index contributed by atoms with van der Waals surface area (Å²) in [6, 6.07) is 0.601. The van der Waals surface area contributed by atoms with E-state index in [1.54, 1.807) is 0 Å². The zero-order valence-corrected chi connectivity index (χ0v) is 17.0. The van der Waals surface area contributed by atoms with Crippen molar-refractivity contribution in [3.8, 4) is 0 Å². The maximum atomic E-state index is 5.76. The van der Waals surface area contributed by atoms with Gasteiger partial charge >= 0.3 is 0 Å². The van der Waals surface area contributed by atoms with Crippen LogP contribution in [-0.2, 0) is 9.47 Å². The smallest absolute Gasteiger partial charge is 0.191 e. The molecular weight excluding hydrogens is 407 g/mol. The van der Waals surface area contributed by atoms with Crippen LogP contribution >= 0.6 is 24.0 Å². The van der Waals surface area contributed by atoms with Crippen LogP contribution in [0.2, 0.25) is 0 Å². The maximum absolute atomic E-state index is 5.76. The molecule has 2 rings (SSSR count). The lowest BCUT2D eigenvalue weighted by molar-refractivity contribution is 0.0420. The minimum Gasteiger partial charge on any atom is -0.379 e. The predicted octanol–water partition coefficient (Wildman–Crippen LogP) is 1.31. The lowest BCUT2D eigenvalue weighted by atomic mass is 10.1. The van der Waals surface area contributed by atoms with E-state index in [1.807, 2.05) is 7.05 Å². The van der Waals surface area contributed by atoms with E-state index in [-0.39, 0.29) is 24.0 Å². The maximum Gasteiger partial charge on any atom is 0.191 e. The molecule has 0 spiro atoms. The molecule has 2 N–H and O–H groups in total. The Bertz CT molecular complexity index is 343. The fraction of sp³-hybridized carbons (Fsp3) is 0.938. The van der Waals surface area contributed by atoms with Gasteiger partial charge in [-0.3, -0.25) is 4.99 Å². The van der Waals surface area contributed by atoms with E-state index in [2.05, 4.69) is 34.6 Å². The van der Waals surface area contributed by atoms with E-state index < -0.39 is 0 Å². The second-order valence-electron chi connectivity index (χ2n) is 6.46. The minimum absolute atomic E-state index is 0. The van der Waals surface area contributed by atoms with E-state index in [0.717, 1.165) is 57.6 Å². The Labute approximate surface area is 157 Å². The van der Waals surface area contributed by atoms with Crippen LogP contribution in [0, 0.1) is 5.92 Å². The molecule has 7 heteroatoms. The molecule has 1 saturated heterocycles. The summed E-state index contributed by atoms with van der Waals surface area (Å²) in [6.45, 7) is 4.20. The van der Waals surface area contributed by atoms with E-state index in [0.29, 0.717) is 12.1 Å². The molecule has 136 valence electrons. The average molecular weight is 440 g/mol. The molecule has 1 heterocycles. The van der Waals surface area contributed by atoms with Crippen molar-refractivity contribution in [2.24, 2.45) is 10.9 Å². The Kier molecular flexibility index (Phi) is 10.4. The number of rotatable bonds is 9. The van der Waals surface area contributed by atoms with Gasteiger partial charge in [-0.25, -0.2) is 0 Å². The van der Waals surface area contributed by atoms with Gasteiger partial charge in [0.05, 0.1) is 12.7 Å². The van der Waals surface area contributed by atoms with Crippen molar-refractivity contribution in [3.05, 3.63) is 0 Å². The first-order valence-electron chi connectivity index (χ1n) is 8.51. The molecule has 0 amide bonds. The first-order valence-corrected chi connectivity index (χ1v) is 8.51. The Balaban J connectivity index is 0.00000264. The standard InChI is InChI=1S/C16H32N4O2.HI/c1-17-16(19-11-15(20(2)3)13-5-6-13)18-8-4-9-22-14-7-10-21-12-14;/h13-15H,4-12H2,1-3H3,(H2,17,18,19);1H. The third-order valence-electron chi connectivity index (χ3n) is 4.39. The van der Waals surface area contributed by atoms with Crippen molar-refractivity contribution >= 4 is 29.9 Å². The highest BCUT2D eigenvalue weighted by Gasteiger charge is 2.32. The number of aliphatic imine (C=N–C) groups is 1. The second-order valence-corrected chi connectivity index (χ2v) is 6.46. The number of guanidine groups is 1. The molecule has 6 nitrogen and oxygen atoms in total. The lowest BCUT2D eigenvalue weighted by Crippen LogP contribution is -2.46. The van der Waals surface area contributed by atoms with Crippen LogP contribution in [0.15, 0.2) is 4.99 Å². The number of halogens is 1. The van der Waals surface area contributed by atoms with Gasteiger partial charge in [0.1, 0.15) is 0 Å². The number of nitrogens with zero attached hydrogens (tertiary/aromatic N) is 2. The van der Waals surface area contributed by atoms with Gasteiger partial charge in [0.15, 0.2) is 5.96 Å². The molecule has 23 heavy (non-hydrogen) atoms. The summed E-state index contributed by atoms with van der Waals surface area (Å²) in [7, 11) is 6.14. The molecule has 1 aliphatic carbocycles. The van der Waals surface area contributed by atoms with Crippen molar-refractivity contribution in [2.45, 2.75) is 37.8 Å². The Hall–Kier alpha value is -0.120. The summed E-state index contributed by atoms with van der Waals surface area (Å²) in [6.07, 6.45) is 5.04. The van der Waals surface area contributed by atoms with Crippen molar-refractivity contribution in [1.29, 1.82) is 0 Å². The summed E-state index contributed by atoms with van der Waals surface area (Å²) in [5, 5.41) is 6.80. The fourth-order valence-corrected chi connectivity index (χ4v) is 2.85. The molecule has 2 atom stereocenters. The van der Waals surface area contributed by atoms with Gasteiger partial charge in [-0.15, -0.1) is 24.0 Å². The molecule has 0 bridgehead atoms. The number of likely N-dealkylation sites (N-methyl/N-ethyl adjacent to an activating group) is 1. The Morgan fingerprint density at radius 2 is 2.09 bits per heavy atom. The van der Waals surface area contributed by atoms with Crippen LogP contribution in [0.25, 0.3) is 0 Å². The SMILES string of the molecule is CN=C(NCCCOC1CCOC1)NCC(C1CC1)N(C)C.I. The summed E-state index contributed by atoms with van der Waals surface area (Å²) >= 11 is 0. The molecule has 2 unspecified atom stereocenters. The summed E-state index contributed by atoms with van der Waals surface area (Å²) in [5.41, 5.74) is 0. The monoisotopic (exact) mass is 440 g/mol. The van der Waals surface area contributed by atoms with Gasteiger partial charge in [-0.05, 0) is 45.7 Å². The Morgan fingerprint density at radius 3 is 2.65 bits per heavy atom. The van der Waals surface area contributed by atoms with Gasteiger partial charge in [0.25, 0.3) is 0 Å².